The van der Waals surface area contributed by atoms with E-state index in [0.29, 0.717) is 5.92 Å². The molecule has 3 heteroatoms. The maximum atomic E-state index is 5.64. The van der Waals surface area contributed by atoms with Crippen molar-refractivity contribution in [2.75, 3.05) is 6.61 Å². The van der Waals surface area contributed by atoms with Crippen LogP contribution in [0.3, 0.4) is 0 Å². The van der Waals surface area contributed by atoms with Crippen molar-refractivity contribution in [3.8, 4) is 5.75 Å². The lowest BCUT2D eigenvalue weighted by Crippen LogP contribution is -2.16. The van der Waals surface area contributed by atoms with Crippen molar-refractivity contribution in [2.45, 2.75) is 18.8 Å². The van der Waals surface area contributed by atoms with Gasteiger partial charge in [0.1, 0.15) is 11.6 Å². The standard InChI is InChI=1S/C13H14N2O/c1-2-4-12-11(3-1)10(5-8-16-12)9-13-14-6-7-15-13/h1-4,6-7,10H,5,8-9H2,(H,14,15)/t10-/m1/s1. The van der Waals surface area contributed by atoms with Crippen molar-refractivity contribution < 1.29 is 4.74 Å². The summed E-state index contributed by atoms with van der Waals surface area (Å²) in [5.41, 5.74) is 1.31. The number of nitrogens with one attached hydrogen (secondary N) is 1. The van der Waals surface area contributed by atoms with E-state index in [1.165, 1.54) is 5.56 Å². The molecule has 0 radical (unpaired) electrons. The van der Waals surface area contributed by atoms with E-state index in [4.69, 9.17) is 4.74 Å². The van der Waals surface area contributed by atoms with Gasteiger partial charge in [-0.2, -0.15) is 0 Å². The van der Waals surface area contributed by atoms with Crippen molar-refractivity contribution in [1.82, 2.24) is 9.97 Å². The zero-order valence-corrected chi connectivity index (χ0v) is 9.02. The third kappa shape index (κ3) is 1.69. The molecular weight excluding hydrogens is 200 g/mol. The fourth-order valence-electron chi connectivity index (χ4n) is 2.27. The molecule has 3 rings (SSSR count). The summed E-state index contributed by atoms with van der Waals surface area (Å²) in [6, 6.07) is 8.29. The van der Waals surface area contributed by atoms with Crippen molar-refractivity contribution >= 4 is 0 Å². The van der Waals surface area contributed by atoms with Crippen LogP contribution in [0.4, 0.5) is 0 Å². The van der Waals surface area contributed by atoms with Crippen LogP contribution in [0, 0.1) is 0 Å². The number of H-pyrrole nitrogens is 1. The highest BCUT2D eigenvalue weighted by Crippen LogP contribution is 2.34. The molecule has 1 aromatic heterocycles. The summed E-state index contributed by atoms with van der Waals surface area (Å²) in [4.78, 5) is 7.45. The number of imidazole rings is 1. The largest absolute Gasteiger partial charge is 0.493 e. The number of nitrogens with zero attached hydrogens (tertiary/aromatic N) is 1. The highest BCUT2D eigenvalue weighted by atomic mass is 16.5. The van der Waals surface area contributed by atoms with Crippen LogP contribution in [0.15, 0.2) is 36.7 Å². The van der Waals surface area contributed by atoms with Gasteiger partial charge in [0.15, 0.2) is 0 Å². The zero-order valence-electron chi connectivity index (χ0n) is 9.02. The number of fused-ring (bicyclic) bond motifs is 1. The second kappa shape index (κ2) is 4.00. The third-order valence-corrected chi connectivity index (χ3v) is 3.08. The maximum absolute atomic E-state index is 5.64. The molecule has 3 nitrogen and oxygen atoms in total. The van der Waals surface area contributed by atoms with E-state index >= 15 is 0 Å². The van der Waals surface area contributed by atoms with Crippen LogP contribution in [-0.4, -0.2) is 16.6 Å². The molecule has 16 heavy (non-hydrogen) atoms. The molecule has 2 aromatic rings. The predicted molar refractivity (Wildman–Crippen MR) is 61.6 cm³/mol. The highest BCUT2D eigenvalue weighted by Gasteiger charge is 2.21. The molecule has 0 amide bonds. The van der Waals surface area contributed by atoms with Crippen LogP contribution in [0.5, 0.6) is 5.75 Å². The second-order valence-electron chi connectivity index (χ2n) is 4.11. The zero-order chi connectivity index (χ0) is 10.8. The first kappa shape index (κ1) is 9.46. The molecule has 1 N–H and O–H groups in total. The lowest BCUT2D eigenvalue weighted by Gasteiger charge is -2.25. The normalized spacial score (nSPS) is 18.9. The van der Waals surface area contributed by atoms with Gasteiger partial charge < -0.3 is 9.72 Å². The van der Waals surface area contributed by atoms with Gasteiger partial charge in [0.2, 0.25) is 0 Å². The molecule has 0 fully saturated rings. The van der Waals surface area contributed by atoms with Crippen LogP contribution in [0.25, 0.3) is 0 Å². The molecule has 1 aliphatic heterocycles. The molecule has 1 atom stereocenters. The van der Waals surface area contributed by atoms with Gasteiger partial charge in [0.05, 0.1) is 6.61 Å². The lowest BCUT2D eigenvalue weighted by atomic mass is 9.90. The van der Waals surface area contributed by atoms with Crippen LogP contribution in [0.2, 0.25) is 0 Å². The molecule has 2 heterocycles. The summed E-state index contributed by atoms with van der Waals surface area (Å²) in [6.07, 6.45) is 5.71. The molecule has 0 bridgehead atoms. The first-order chi connectivity index (χ1) is 7.93. The fourth-order valence-corrected chi connectivity index (χ4v) is 2.27. The van der Waals surface area contributed by atoms with Crippen LogP contribution in [0.1, 0.15) is 23.7 Å². The Morgan fingerprint density at radius 3 is 3.19 bits per heavy atom. The number of ether oxygens (including phenoxy) is 1. The number of hydrogen-bond donors (Lipinski definition) is 1. The second-order valence-corrected chi connectivity index (χ2v) is 4.11. The summed E-state index contributed by atoms with van der Waals surface area (Å²) < 4.78 is 5.64. The molecule has 82 valence electrons. The summed E-state index contributed by atoms with van der Waals surface area (Å²) in [6.45, 7) is 0.808. The first-order valence-electron chi connectivity index (χ1n) is 5.63. The molecule has 0 unspecified atom stereocenters. The van der Waals surface area contributed by atoms with E-state index in [-0.39, 0.29) is 0 Å². The molecule has 1 aliphatic rings. The minimum Gasteiger partial charge on any atom is -0.493 e. The molecule has 0 aliphatic carbocycles. The van der Waals surface area contributed by atoms with Gasteiger partial charge in [0.25, 0.3) is 0 Å². The first-order valence-corrected chi connectivity index (χ1v) is 5.63. The van der Waals surface area contributed by atoms with Crippen LogP contribution >= 0.6 is 0 Å². The van der Waals surface area contributed by atoms with E-state index in [1.807, 2.05) is 18.3 Å². The number of rotatable bonds is 2. The number of hydrogen-bond acceptors (Lipinski definition) is 2. The summed E-state index contributed by atoms with van der Waals surface area (Å²) >= 11 is 0. The van der Waals surface area contributed by atoms with Gasteiger partial charge in [-0.1, -0.05) is 18.2 Å². The van der Waals surface area contributed by atoms with E-state index < -0.39 is 0 Å². The van der Waals surface area contributed by atoms with Crippen molar-refractivity contribution in [3.63, 3.8) is 0 Å². The number of aromatic nitrogens is 2. The summed E-state index contributed by atoms with van der Waals surface area (Å²) in [7, 11) is 0. The Morgan fingerprint density at radius 1 is 1.38 bits per heavy atom. The number of para-hydroxylation sites is 1. The minimum atomic E-state index is 0.524. The average Bonchev–Trinajstić information content (AvgIpc) is 2.82. The van der Waals surface area contributed by atoms with Crippen molar-refractivity contribution in [1.29, 1.82) is 0 Å². The number of benzene rings is 1. The lowest BCUT2D eigenvalue weighted by molar-refractivity contribution is 0.266. The minimum absolute atomic E-state index is 0.524. The molecule has 0 saturated heterocycles. The maximum Gasteiger partial charge on any atom is 0.122 e. The van der Waals surface area contributed by atoms with Gasteiger partial charge in [0, 0.05) is 18.8 Å². The van der Waals surface area contributed by atoms with Gasteiger partial charge in [-0.25, -0.2) is 4.98 Å². The summed E-state index contributed by atoms with van der Waals surface area (Å²) in [5, 5.41) is 0. The van der Waals surface area contributed by atoms with Crippen LogP contribution < -0.4 is 4.74 Å². The Bertz CT molecular complexity index is 465. The number of aromatic amines is 1. The monoisotopic (exact) mass is 214 g/mol. The van der Waals surface area contributed by atoms with E-state index in [2.05, 4.69) is 22.1 Å². The average molecular weight is 214 g/mol. The smallest absolute Gasteiger partial charge is 0.122 e. The quantitative estimate of drug-likeness (QED) is 0.834. The van der Waals surface area contributed by atoms with Gasteiger partial charge in [-0.05, 0) is 24.0 Å². The predicted octanol–water partition coefficient (Wildman–Crippen LogP) is 2.52. The molecule has 0 spiro atoms. The van der Waals surface area contributed by atoms with Crippen molar-refractivity contribution in [3.05, 3.63) is 48.0 Å². The molecule has 1 aromatic carbocycles. The van der Waals surface area contributed by atoms with E-state index in [9.17, 15) is 0 Å². The van der Waals surface area contributed by atoms with Gasteiger partial charge in [-0.3, -0.25) is 0 Å². The molecule has 0 saturated carbocycles. The Kier molecular flexibility index (Phi) is 2.37. The Morgan fingerprint density at radius 2 is 2.31 bits per heavy atom. The van der Waals surface area contributed by atoms with Gasteiger partial charge in [-0.15, -0.1) is 0 Å². The van der Waals surface area contributed by atoms with Crippen molar-refractivity contribution in [2.24, 2.45) is 0 Å². The Hall–Kier alpha value is -1.77. The Balaban J connectivity index is 1.87. The molecular formula is C13H14N2O. The van der Waals surface area contributed by atoms with Crippen LogP contribution in [-0.2, 0) is 6.42 Å². The SMILES string of the molecule is c1ccc2c(c1)OCC[C@@H]2Cc1ncc[nH]1. The Labute approximate surface area is 94.5 Å². The van der Waals surface area contributed by atoms with Gasteiger partial charge >= 0.3 is 0 Å². The summed E-state index contributed by atoms with van der Waals surface area (Å²) in [5.74, 6) is 2.61. The highest BCUT2D eigenvalue weighted by molar-refractivity contribution is 5.38. The van der Waals surface area contributed by atoms with E-state index in [0.717, 1.165) is 31.0 Å². The van der Waals surface area contributed by atoms with E-state index in [1.54, 1.807) is 6.20 Å². The third-order valence-electron chi connectivity index (χ3n) is 3.08. The fraction of sp³-hybridized carbons (Fsp3) is 0.308. The topological polar surface area (TPSA) is 37.9 Å².